The van der Waals surface area contributed by atoms with E-state index >= 15 is 0 Å². The molecule has 190 valence electrons. The van der Waals surface area contributed by atoms with Crippen LogP contribution >= 0.6 is 0 Å². The lowest BCUT2D eigenvalue weighted by molar-refractivity contribution is -0.137. The SMILES string of the molecule is Cc1nc(C)n2c1CN(CCC1CCN(C(=O)[C@H](NC(=O)OC(C)(C)C)C(C)(C)C)CC1)C2=O. The molecule has 2 aliphatic rings. The minimum atomic E-state index is -0.656. The number of carbonyl (C=O) groups excluding carboxylic acids is 3. The molecule has 1 aromatic rings. The third kappa shape index (κ3) is 5.91. The summed E-state index contributed by atoms with van der Waals surface area (Å²) in [6.45, 7) is 17.7. The number of aromatic nitrogens is 2. The number of alkyl carbamates (subject to hydrolysis) is 1. The van der Waals surface area contributed by atoms with Gasteiger partial charge in [-0.25, -0.2) is 14.6 Å². The number of nitrogens with zero attached hydrogens (tertiary/aromatic N) is 4. The van der Waals surface area contributed by atoms with Gasteiger partial charge in [-0.15, -0.1) is 0 Å². The van der Waals surface area contributed by atoms with Crippen molar-refractivity contribution in [2.75, 3.05) is 19.6 Å². The Kier molecular flexibility index (Phi) is 7.34. The second kappa shape index (κ2) is 9.58. The van der Waals surface area contributed by atoms with Crippen LogP contribution in [0.15, 0.2) is 0 Å². The van der Waals surface area contributed by atoms with Gasteiger partial charge in [0, 0.05) is 19.6 Å². The summed E-state index contributed by atoms with van der Waals surface area (Å²) < 4.78 is 7.10. The molecule has 0 radical (unpaired) electrons. The maximum atomic E-state index is 13.3. The summed E-state index contributed by atoms with van der Waals surface area (Å²) in [7, 11) is 0. The van der Waals surface area contributed by atoms with Gasteiger partial charge in [-0.3, -0.25) is 9.36 Å². The number of fused-ring (bicyclic) bond motifs is 1. The van der Waals surface area contributed by atoms with Gasteiger partial charge in [-0.1, -0.05) is 20.8 Å². The molecule has 2 aliphatic heterocycles. The largest absolute Gasteiger partial charge is 0.444 e. The van der Waals surface area contributed by atoms with Gasteiger partial charge in [0.2, 0.25) is 5.91 Å². The van der Waals surface area contributed by atoms with E-state index in [1.165, 1.54) is 0 Å². The first kappa shape index (κ1) is 26.0. The second-order valence-corrected chi connectivity index (χ2v) is 11.7. The van der Waals surface area contributed by atoms with Gasteiger partial charge in [-0.2, -0.15) is 0 Å². The number of imidazole rings is 1. The quantitative estimate of drug-likeness (QED) is 0.698. The second-order valence-electron chi connectivity index (χ2n) is 11.7. The molecule has 1 aromatic heterocycles. The molecular weight excluding hydrogens is 434 g/mol. The molecule has 0 aliphatic carbocycles. The van der Waals surface area contributed by atoms with E-state index in [4.69, 9.17) is 4.74 Å². The molecule has 0 aromatic carbocycles. The fourth-order valence-electron chi connectivity index (χ4n) is 4.75. The molecule has 1 fully saturated rings. The first-order valence-corrected chi connectivity index (χ1v) is 12.3. The third-order valence-electron chi connectivity index (χ3n) is 6.65. The Morgan fingerprint density at radius 2 is 1.74 bits per heavy atom. The van der Waals surface area contributed by atoms with Crippen molar-refractivity contribution in [1.82, 2.24) is 24.7 Å². The van der Waals surface area contributed by atoms with E-state index in [9.17, 15) is 14.4 Å². The summed E-state index contributed by atoms with van der Waals surface area (Å²) in [6, 6.07) is -0.641. The topological polar surface area (TPSA) is 96.8 Å². The van der Waals surface area contributed by atoms with Crippen LogP contribution in [0.25, 0.3) is 0 Å². The maximum absolute atomic E-state index is 13.3. The number of hydrogen-bond donors (Lipinski definition) is 1. The highest BCUT2D eigenvalue weighted by Crippen LogP contribution is 2.28. The molecule has 34 heavy (non-hydrogen) atoms. The van der Waals surface area contributed by atoms with Crippen LogP contribution in [-0.4, -0.2) is 68.7 Å². The number of aryl methyl sites for hydroxylation is 2. The van der Waals surface area contributed by atoms with Crippen LogP contribution in [0.3, 0.4) is 0 Å². The van der Waals surface area contributed by atoms with Crippen LogP contribution in [0.2, 0.25) is 0 Å². The van der Waals surface area contributed by atoms with Crippen LogP contribution in [-0.2, 0) is 16.1 Å². The Morgan fingerprint density at radius 3 is 2.26 bits per heavy atom. The zero-order valence-electron chi connectivity index (χ0n) is 22.0. The first-order chi connectivity index (χ1) is 15.7. The summed E-state index contributed by atoms with van der Waals surface area (Å²) in [5, 5.41) is 2.80. The molecule has 9 nitrogen and oxygen atoms in total. The van der Waals surface area contributed by atoms with Crippen LogP contribution in [0, 0.1) is 25.2 Å². The molecule has 0 unspecified atom stereocenters. The van der Waals surface area contributed by atoms with Crippen LogP contribution < -0.4 is 5.32 Å². The smallest absolute Gasteiger partial charge is 0.408 e. The van der Waals surface area contributed by atoms with Gasteiger partial charge in [0.05, 0.1) is 17.9 Å². The molecule has 3 heterocycles. The van der Waals surface area contributed by atoms with E-state index in [2.05, 4.69) is 10.3 Å². The lowest BCUT2D eigenvalue weighted by Gasteiger charge is -2.38. The zero-order valence-corrected chi connectivity index (χ0v) is 22.0. The number of hydrogen-bond acceptors (Lipinski definition) is 5. The van der Waals surface area contributed by atoms with Gasteiger partial charge >= 0.3 is 12.1 Å². The fourth-order valence-corrected chi connectivity index (χ4v) is 4.75. The lowest BCUT2D eigenvalue weighted by Crippen LogP contribution is -2.56. The number of nitrogens with one attached hydrogen (secondary N) is 1. The van der Waals surface area contributed by atoms with Crippen molar-refractivity contribution < 1.29 is 19.1 Å². The molecule has 1 atom stereocenters. The van der Waals surface area contributed by atoms with E-state index in [1.807, 2.05) is 44.4 Å². The summed E-state index contributed by atoms with van der Waals surface area (Å²) >= 11 is 0. The molecule has 3 amide bonds. The van der Waals surface area contributed by atoms with Gasteiger partial charge in [-0.05, 0) is 65.2 Å². The van der Waals surface area contributed by atoms with Crippen molar-refractivity contribution in [3.05, 3.63) is 17.2 Å². The average Bonchev–Trinajstić information content (AvgIpc) is 3.19. The summed E-state index contributed by atoms with van der Waals surface area (Å²) in [5.74, 6) is 1.15. The number of ether oxygens (including phenoxy) is 1. The van der Waals surface area contributed by atoms with Gasteiger partial charge < -0.3 is 19.9 Å². The summed E-state index contributed by atoms with van der Waals surface area (Å²) in [6.07, 6.45) is 2.13. The monoisotopic (exact) mass is 475 g/mol. The predicted molar refractivity (Wildman–Crippen MR) is 129 cm³/mol. The van der Waals surface area contributed by atoms with E-state index in [0.29, 0.717) is 32.1 Å². The Morgan fingerprint density at radius 1 is 1.12 bits per heavy atom. The van der Waals surface area contributed by atoms with E-state index in [-0.39, 0.29) is 11.9 Å². The standard InChI is InChI=1S/C25H41N5O4/c1-16-19-15-29(23(33)30(19)17(2)26-16)14-11-18-9-12-28(13-10-18)21(31)20(24(3,4)5)27-22(32)34-25(6,7)8/h18,20H,9-15H2,1-8H3,(H,27,32)/t20-/m0/s1. The van der Waals surface area contributed by atoms with Crippen LogP contribution in [0.5, 0.6) is 0 Å². The molecule has 9 heteroatoms. The fraction of sp³-hybridized carbons (Fsp3) is 0.760. The number of piperidine rings is 1. The van der Waals surface area contributed by atoms with Crippen LogP contribution in [0.4, 0.5) is 9.59 Å². The number of likely N-dealkylation sites (tertiary alicyclic amines) is 1. The lowest BCUT2D eigenvalue weighted by atomic mass is 9.85. The van der Waals surface area contributed by atoms with Crippen molar-refractivity contribution in [2.24, 2.45) is 11.3 Å². The van der Waals surface area contributed by atoms with Gasteiger partial charge in [0.1, 0.15) is 17.5 Å². The van der Waals surface area contributed by atoms with E-state index in [1.54, 1.807) is 25.3 Å². The molecule has 1 N–H and O–H groups in total. The van der Waals surface area contributed by atoms with Crippen LogP contribution in [0.1, 0.15) is 78.0 Å². The highest BCUT2D eigenvalue weighted by molar-refractivity contribution is 5.86. The Balaban J connectivity index is 1.51. The van der Waals surface area contributed by atoms with Crippen molar-refractivity contribution in [1.29, 1.82) is 0 Å². The van der Waals surface area contributed by atoms with Crippen molar-refractivity contribution >= 4 is 18.0 Å². The third-order valence-corrected chi connectivity index (χ3v) is 6.65. The number of rotatable bonds is 5. The molecule has 1 saturated heterocycles. The molecule has 0 bridgehead atoms. The van der Waals surface area contributed by atoms with Crippen molar-refractivity contribution in [2.45, 2.75) is 92.8 Å². The Hall–Kier alpha value is -2.58. The minimum absolute atomic E-state index is 0.0157. The molecule has 0 saturated carbocycles. The minimum Gasteiger partial charge on any atom is -0.444 e. The average molecular weight is 476 g/mol. The van der Waals surface area contributed by atoms with Gasteiger partial charge in [0.25, 0.3) is 0 Å². The number of amides is 3. The normalized spacial score (nSPS) is 18.2. The molecular formula is C25H41N5O4. The summed E-state index contributed by atoms with van der Waals surface area (Å²) in [4.78, 5) is 46.6. The Bertz CT molecular complexity index is 932. The predicted octanol–water partition coefficient (Wildman–Crippen LogP) is 3.85. The zero-order chi connectivity index (χ0) is 25.4. The summed E-state index contributed by atoms with van der Waals surface area (Å²) in [5.41, 5.74) is 0.853. The maximum Gasteiger partial charge on any atom is 0.408 e. The van der Waals surface area contributed by atoms with E-state index in [0.717, 1.165) is 36.5 Å². The van der Waals surface area contributed by atoms with Crippen molar-refractivity contribution in [3.8, 4) is 0 Å². The molecule has 0 spiro atoms. The highest BCUT2D eigenvalue weighted by Gasteiger charge is 2.38. The first-order valence-electron chi connectivity index (χ1n) is 12.3. The Labute approximate surface area is 203 Å². The van der Waals surface area contributed by atoms with E-state index < -0.39 is 23.2 Å². The van der Waals surface area contributed by atoms with Crippen molar-refractivity contribution in [3.63, 3.8) is 0 Å². The highest BCUT2D eigenvalue weighted by atomic mass is 16.6. The van der Waals surface area contributed by atoms with Gasteiger partial charge in [0.15, 0.2) is 0 Å². The number of carbonyl (C=O) groups is 3. The molecule has 3 rings (SSSR count).